The van der Waals surface area contributed by atoms with Gasteiger partial charge in [-0.05, 0) is 49.2 Å². The van der Waals surface area contributed by atoms with Crippen molar-refractivity contribution in [3.63, 3.8) is 0 Å². The van der Waals surface area contributed by atoms with Gasteiger partial charge in [-0.1, -0.05) is 18.2 Å². The number of carbonyl (C=O) groups is 2. The van der Waals surface area contributed by atoms with Crippen molar-refractivity contribution in [2.45, 2.75) is 13.8 Å². The van der Waals surface area contributed by atoms with E-state index in [-0.39, 0.29) is 18.1 Å². The van der Waals surface area contributed by atoms with Gasteiger partial charge in [0.1, 0.15) is 11.5 Å². The van der Waals surface area contributed by atoms with Crippen LogP contribution in [0.3, 0.4) is 0 Å². The van der Waals surface area contributed by atoms with Crippen molar-refractivity contribution in [3.8, 4) is 11.3 Å². The van der Waals surface area contributed by atoms with Crippen LogP contribution in [0, 0.1) is 24.0 Å². The lowest BCUT2D eigenvalue weighted by Crippen LogP contribution is -2.35. The van der Waals surface area contributed by atoms with Gasteiger partial charge in [-0.2, -0.15) is 5.10 Å². The number of carbonyl (C=O) groups excluding carboxylic acids is 2. The highest BCUT2D eigenvalue weighted by atomic mass is 16.6. The van der Waals surface area contributed by atoms with E-state index in [0.717, 1.165) is 5.56 Å². The summed E-state index contributed by atoms with van der Waals surface area (Å²) in [6.45, 7) is 3.34. The number of benzene rings is 2. The predicted molar refractivity (Wildman–Crippen MR) is 115 cm³/mol. The third-order valence-electron chi connectivity index (χ3n) is 4.49. The second kappa shape index (κ2) is 9.49. The fraction of sp³-hybridized carbons (Fsp3) is 0.136. The zero-order valence-electron chi connectivity index (χ0n) is 16.9. The number of hydrogen-bond acceptors (Lipinski definition) is 6. The van der Waals surface area contributed by atoms with Crippen molar-refractivity contribution in [2.24, 2.45) is 5.10 Å². The summed E-state index contributed by atoms with van der Waals surface area (Å²) in [5.41, 5.74) is 5.05. The summed E-state index contributed by atoms with van der Waals surface area (Å²) in [5.74, 6) is 0.0743. The summed E-state index contributed by atoms with van der Waals surface area (Å²) < 4.78 is 5.66. The topological polar surface area (TPSA) is 127 Å². The molecule has 2 N–H and O–H groups in total. The molecule has 9 heteroatoms. The molecular weight excluding hydrogens is 400 g/mol. The van der Waals surface area contributed by atoms with Gasteiger partial charge >= 0.3 is 0 Å². The Morgan fingerprint density at radius 2 is 1.87 bits per heavy atom. The fourth-order valence-corrected chi connectivity index (χ4v) is 2.90. The minimum absolute atomic E-state index is 0.00632. The number of nitrogens with zero attached hydrogens (tertiary/aromatic N) is 2. The van der Waals surface area contributed by atoms with Crippen LogP contribution < -0.4 is 10.7 Å². The SMILES string of the molecule is Cc1ccccc1C(=O)NCC(=O)N/N=C/c1ccc(-c2ccc([N+](=O)[O-])cc2C)o1. The zero-order chi connectivity index (χ0) is 22.4. The Morgan fingerprint density at radius 3 is 2.58 bits per heavy atom. The van der Waals surface area contributed by atoms with Crippen molar-refractivity contribution in [3.05, 3.63) is 87.2 Å². The molecule has 158 valence electrons. The van der Waals surface area contributed by atoms with Gasteiger partial charge in [-0.25, -0.2) is 5.43 Å². The third-order valence-corrected chi connectivity index (χ3v) is 4.49. The second-order valence-electron chi connectivity index (χ2n) is 6.75. The maximum absolute atomic E-state index is 12.1. The molecule has 31 heavy (non-hydrogen) atoms. The van der Waals surface area contributed by atoms with Gasteiger partial charge < -0.3 is 9.73 Å². The molecule has 2 aromatic carbocycles. The van der Waals surface area contributed by atoms with E-state index in [4.69, 9.17) is 4.42 Å². The molecule has 0 saturated carbocycles. The smallest absolute Gasteiger partial charge is 0.269 e. The molecule has 0 aliphatic rings. The Balaban J connectivity index is 1.54. The van der Waals surface area contributed by atoms with Gasteiger partial charge in [0.25, 0.3) is 17.5 Å². The number of nitro benzene ring substituents is 1. The first-order valence-corrected chi connectivity index (χ1v) is 9.36. The maximum atomic E-state index is 12.1. The Morgan fingerprint density at radius 1 is 1.10 bits per heavy atom. The van der Waals surface area contributed by atoms with E-state index < -0.39 is 10.8 Å². The number of nitrogens with one attached hydrogen (secondary N) is 2. The lowest BCUT2D eigenvalue weighted by atomic mass is 10.1. The molecule has 0 radical (unpaired) electrons. The largest absolute Gasteiger partial charge is 0.455 e. The summed E-state index contributed by atoms with van der Waals surface area (Å²) in [6, 6.07) is 14.9. The van der Waals surface area contributed by atoms with Crippen LogP contribution in [0.4, 0.5) is 5.69 Å². The molecule has 0 fully saturated rings. The first-order valence-electron chi connectivity index (χ1n) is 9.36. The molecule has 0 aliphatic carbocycles. The molecule has 0 spiro atoms. The number of furan rings is 1. The van der Waals surface area contributed by atoms with Crippen LogP contribution in [-0.4, -0.2) is 29.5 Å². The normalized spacial score (nSPS) is 10.8. The molecule has 0 bridgehead atoms. The Labute approximate surface area is 177 Å². The van der Waals surface area contributed by atoms with E-state index in [2.05, 4.69) is 15.8 Å². The summed E-state index contributed by atoms with van der Waals surface area (Å²) in [5, 5.41) is 17.2. The van der Waals surface area contributed by atoms with Crippen LogP contribution in [0.5, 0.6) is 0 Å². The molecule has 1 aromatic heterocycles. The molecule has 1 heterocycles. The van der Waals surface area contributed by atoms with Gasteiger partial charge in [0.15, 0.2) is 0 Å². The number of non-ortho nitro benzene ring substituents is 1. The number of aryl methyl sites for hydroxylation is 2. The Kier molecular flexibility index (Phi) is 6.56. The lowest BCUT2D eigenvalue weighted by Gasteiger charge is -2.06. The average Bonchev–Trinajstić information content (AvgIpc) is 3.20. The van der Waals surface area contributed by atoms with E-state index in [0.29, 0.717) is 28.2 Å². The van der Waals surface area contributed by atoms with Crippen molar-refractivity contribution in [1.82, 2.24) is 10.7 Å². The number of hydrogen-bond donors (Lipinski definition) is 2. The summed E-state index contributed by atoms with van der Waals surface area (Å²) in [4.78, 5) is 34.4. The fourth-order valence-electron chi connectivity index (χ4n) is 2.90. The van der Waals surface area contributed by atoms with Crippen LogP contribution in [-0.2, 0) is 4.79 Å². The molecule has 2 amide bonds. The molecule has 3 rings (SSSR count). The standard InChI is InChI=1S/C22H20N4O5/c1-14-5-3-4-6-19(14)22(28)23-13-21(27)25-24-12-17-8-10-20(31-17)18-9-7-16(26(29)30)11-15(18)2/h3-12H,13H2,1-2H3,(H,23,28)(H,25,27)/b24-12+. The quantitative estimate of drug-likeness (QED) is 0.344. The average molecular weight is 420 g/mol. The van der Waals surface area contributed by atoms with Gasteiger partial charge in [0.05, 0.1) is 17.7 Å². The van der Waals surface area contributed by atoms with Gasteiger partial charge in [-0.3, -0.25) is 19.7 Å². The lowest BCUT2D eigenvalue weighted by molar-refractivity contribution is -0.384. The predicted octanol–water partition coefficient (Wildman–Crippen LogP) is 3.35. The van der Waals surface area contributed by atoms with Crippen molar-refractivity contribution >= 4 is 23.7 Å². The Bertz CT molecular complexity index is 1170. The number of rotatable bonds is 7. The van der Waals surface area contributed by atoms with Crippen molar-refractivity contribution in [1.29, 1.82) is 0 Å². The van der Waals surface area contributed by atoms with Crippen molar-refractivity contribution < 1.29 is 18.9 Å². The molecular formula is C22H20N4O5. The highest BCUT2D eigenvalue weighted by Crippen LogP contribution is 2.28. The van der Waals surface area contributed by atoms with Crippen molar-refractivity contribution in [2.75, 3.05) is 6.54 Å². The summed E-state index contributed by atoms with van der Waals surface area (Å²) >= 11 is 0. The van der Waals surface area contributed by atoms with Gasteiger partial charge in [0, 0.05) is 23.3 Å². The van der Waals surface area contributed by atoms with Crippen LogP contribution in [0.15, 0.2) is 64.1 Å². The van der Waals surface area contributed by atoms with Crippen LogP contribution >= 0.6 is 0 Å². The molecule has 9 nitrogen and oxygen atoms in total. The number of hydrazone groups is 1. The molecule has 0 atom stereocenters. The minimum Gasteiger partial charge on any atom is -0.455 e. The highest BCUT2D eigenvalue weighted by Gasteiger charge is 2.12. The second-order valence-corrected chi connectivity index (χ2v) is 6.75. The van der Waals surface area contributed by atoms with E-state index in [1.807, 2.05) is 19.1 Å². The molecule has 0 unspecified atom stereocenters. The molecule has 0 saturated heterocycles. The summed E-state index contributed by atoms with van der Waals surface area (Å²) in [7, 11) is 0. The monoisotopic (exact) mass is 420 g/mol. The van der Waals surface area contributed by atoms with Gasteiger partial charge in [-0.15, -0.1) is 0 Å². The molecule has 0 aliphatic heterocycles. The zero-order valence-corrected chi connectivity index (χ0v) is 16.9. The first-order chi connectivity index (χ1) is 14.8. The van der Waals surface area contributed by atoms with E-state index in [1.54, 1.807) is 37.3 Å². The first kappa shape index (κ1) is 21.4. The maximum Gasteiger partial charge on any atom is 0.269 e. The van der Waals surface area contributed by atoms with Crippen LogP contribution in [0.25, 0.3) is 11.3 Å². The van der Waals surface area contributed by atoms with E-state index >= 15 is 0 Å². The van der Waals surface area contributed by atoms with Crippen LogP contribution in [0.2, 0.25) is 0 Å². The number of amides is 2. The minimum atomic E-state index is -0.490. The van der Waals surface area contributed by atoms with Crippen LogP contribution in [0.1, 0.15) is 27.2 Å². The third kappa shape index (κ3) is 5.41. The van der Waals surface area contributed by atoms with E-state index in [9.17, 15) is 19.7 Å². The Hall–Kier alpha value is -4.27. The van der Waals surface area contributed by atoms with E-state index in [1.165, 1.54) is 18.3 Å². The summed E-state index contributed by atoms with van der Waals surface area (Å²) in [6.07, 6.45) is 1.32. The molecule has 3 aromatic rings. The highest BCUT2D eigenvalue weighted by molar-refractivity contribution is 5.97. The number of nitro groups is 1. The van der Waals surface area contributed by atoms with Gasteiger partial charge in [0.2, 0.25) is 0 Å².